The smallest absolute Gasteiger partial charge is 0.409 e. The van der Waals surface area contributed by atoms with E-state index in [-0.39, 0.29) is 6.09 Å². The van der Waals surface area contributed by atoms with E-state index in [4.69, 9.17) is 4.74 Å². The summed E-state index contributed by atoms with van der Waals surface area (Å²) in [6.45, 7) is 4.86. The van der Waals surface area contributed by atoms with Crippen LogP contribution in [0.25, 0.3) is 0 Å². The van der Waals surface area contributed by atoms with Crippen molar-refractivity contribution in [3.8, 4) is 0 Å². The molecule has 1 fully saturated rings. The Morgan fingerprint density at radius 3 is 2.73 bits per heavy atom. The van der Waals surface area contributed by atoms with Crippen molar-refractivity contribution in [3.05, 3.63) is 0 Å². The monoisotopic (exact) mass is 157 g/mol. The Bertz CT molecular complexity index is 156. The van der Waals surface area contributed by atoms with Crippen LogP contribution in [0.15, 0.2) is 0 Å². The molecule has 11 heavy (non-hydrogen) atoms. The SMILES string of the molecule is CC(C)CC1COC(=O)N1C. The van der Waals surface area contributed by atoms with Crippen LogP contribution in [0.1, 0.15) is 20.3 Å². The van der Waals surface area contributed by atoms with Crippen molar-refractivity contribution in [1.29, 1.82) is 0 Å². The summed E-state index contributed by atoms with van der Waals surface area (Å²) in [6, 6.07) is 0.294. The van der Waals surface area contributed by atoms with Gasteiger partial charge in [-0.1, -0.05) is 13.8 Å². The summed E-state index contributed by atoms with van der Waals surface area (Å²) in [4.78, 5) is 12.6. The molecular formula is C8H15NO2. The number of amides is 1. The molecule has 0 N–H and O–H groups in total. The molecule has 64 valence electrons. The van der Waals surface area contributed by atoms with Crippen molar-refractivity contribution in [1.82, 2.24) is 4.90 Å². The van der Waals surface area contributed by atoms with Crippen LogP contribution in [0, 0.1) is 5.92 Å². The summed E-state index contributed by atoms with van der Waals surface area (Å²) in [5, 5.41) is 0. The highest BCUT2D eigenvalue weighted by atomic mass is 16.6. The molecule has 3 nitrogen and oxygen atoms in total. The van der Waals surface area contributed by atoms with Gasteiger partial charge in [0.1, 0.15) is 6.61 Å². The van der Waals surface area contributed by atoms with Crippen molar-refractivity contribution in [3.63, 3.8) is 0 Å². The number of hydrogen-bond donors (Lipinski definition) is 0. The fraction of sp³-hybridized carbons (Fsp3) is 0.875. The predicted molar refractivity (Wildman–Crippen MR) is 42.4 cm³/mol. The summed E-state index contributed by atoms with van der Waals surface area (Å²) < 4.78 is 4.87. The zero-order valence-corrected chi connectivity index (χ0v) is 7.33. The fourth-order valence-corrected chi connectivity index (χ4v) is 1.30. The van der Waals surface area contributed by atoms with Gasteiger partial charge in [-0.15, -0.1) is 0 Å². The lowest BCUT2D eigenvalue weighted by Gasteiger charge is -2.17. The number of hydrogen-bond acceptors (Lipinski definition) is 2. The van der Waals surface area contributed by atoms with Gasteiger partial charge in [0.05, 0.1) is 6.04 Å². The van der Waals surface area contributed by atoms with Crippen LogP contribution in [-0.2, 0) is 4.74 Å². The summed E-state index contributed by atoms with van der Waals surface area (Å²) in [5.41, 5.74) is 0. The Labute approximate surface area is 67.3 Å². The van der Waals surface area contributed by atoms with E-state index in [0.717, 1.165) is 6.42 Å². The molecule has 1 unspecified atom stereocenters. The van der Waals surface area contributed by atoms with Crippen LogP contribution in [0.3, 0.4) is 0 Å². The van der Waals surface area contributed by atoms with E-state index in [0.29, 0.717) is 18.6 Å². The number of likely N-dealkylation sites (N-methyl/N-ethyl adjacent to an activating group) is 1. The second-order valence-electron chi connectivity index (χ2n) is 3.47. The lowest BCUT2D eigenvalue weighted by molar-refractivity contribution is 0.163. The molecule has 1 rings (SSSR count). The van der Waals surface area contributed by atoms with Crippen LogP contribution in [-0.4, -0.2) is 30.7 Å². The summed E-state index contributed by atoms with van der Waals surface area (Å²) in [7, 11) is 1.79. The average Bonchev–Trinajstić information content (AvgIpc) is 2.18. The van der Waals surface area contributed by atoms with Crippen LogP contribution >= 0.6 is 0 Å². The molecule has 0 spiro atoms. The predicted octanol–water partition coefficient (Wildman–Crippen LogP) is 1.48. The minimum atomic E-state index is -0.185. The molecule has 1 aliphatic heterocycles. The maximum Gasteiger partial charge on any atom is 0.409 e. The summed E-state index contributed by atoms with van der Waals surface area (Å²) in [5.74, 6) is 0.622. The van der Waals surface area contributed by atoms with E-state index >= 15 is 0 Å². The van der Waals surface area contributed by atoms with Crippen molar-refractivity contribution >= 4 is 6.09 Å². The third-order valence-corrected chi connectivity index (χ3v) is 1.98. The maximum absolute atomic E-state index is 10.9. The fourth-order valence-electron chi connectivity index (χ4n) is 1.30. The van der Waals surface area contributed by atoms with Crippen molar-refractivity contribution in [2.45, 2.75) is 26.3 Å². The molecule has 0 aromatic rings. The first-order chi connectivity index (χ1) is 5.11. The van der Waals surface area contributed by atoms with Gasteiger partial charge in [0.2, 0.25) is 0 Å². The Kier molecular flexibility index (Phi) is 2.37. The highest BCUT2D eigenvalue weighted by Crippen LogP contribution is 2.16. The quantitative estimate of drug-likeness (QED) is 0.607. The largest absolute Gasteiger partial charge is 0.447 e. The summed E-state index contributed by atoms with van der Waals surface area (Å²) in [6.07, 6.45) is 0.845. The molecule has 1 amide bonds. The lowest BCUT2D eigenvalue weighted by atomic mass is 10.0. The average molecular weight is 157 g/mol. The van der Waals surface area contributed by atoms with E-state index in [1.54, 1.807) is 11.9 Å². The van der Waals surface area contributed by atoms with Gasteiger partial charge in [-0.3, -0.25) is 0 Å². The van der Waals surface area contributed by atoms with Gasteiger partial charge in [-0.25, -0.2) is 4.79 Å². The Hall–Kier alpha value is -0.730. The first-order valence-corrected chi connectivity index (χ1v) is 4.01. The Balaban J connectivity index is 2.42. The first-order valence-electron chi connectivity index (χ1n) is 4.01. The van der Waals surface area contributed by atoms with Gasteiger partial charge in [0.15, 0.2) is 0 Å². The van der Waals surface area contributed by atoms with Gasteiger partial charge < -0.3 is 9.64 Å². The molecule has 0 radical (unpaired) electrons. The van der Waals surface area contributed by atoms with Gasteiger partial charge >= 0.3 is 6.09 Å². The molecule has 0 aliphatic carbocycles. The Morgan fingerprint density at radius 1 is 1.73 bits per heavy atom. The number of carbonyl (C=O) groups excluding carboxylic acids is 1. The zero-order valence-electron chi connectivity index (χ0n) is 7.33. The molecule has 0 bridgehead atoms. The molecule has 1 heterocycles. The van der Waals surface area contributed by atoms with Crippen LogP contribution in [0.2, 0.25) is 0 Å². The number of ether oxygens (including phenoxy) is 1. The molecule has 0 aromatic heterocycles. The molecule has 3 heteroatoms. The van der Waals surface area contributed by atoms with Gasteiger partial charge in [0, 0.05) is 7.05 Å². The van der Waals surface area contributed by atoms with Gasteiger partial charge in [-0.05, 0) is 12.3 Å². The van der Waals surface area contributed by atoms with Crippen LogP contribution < -0.4 is 0 Å². The number of nitrogens with zero attached hydrogens (tertiary/aromatic N) is 1. The molecular weight excluding hydrogens is 142 g/mol. The van der Waals surface area contributed by atoms with Crippen LogP contribution in [0.5, 0.6) is 0 Å². The highest BCUT2D eigenvalue weighted by molar-refractivity contribution is 5.69. The number of carbonyl (C=O) groups is 1. The third-order valence-electron chi connectivity index (χ3n) is 1.98. The lowest BCUT2D eigenvalue weighted by Crippen LogP contribution is -2.30. The number of cyclic esters (lactones) is 1. The van der Waals surface area contributed by atoms with Crippen molar-refractivity contribution in [2.24, 2.45) is 5.92 Å². The van der Waals surface area contributed by atoms with Crippen molar-refractivity contribution in [2.75, 3.05) is 13.7 Å². The molecule has 0 saturated carbocycles. The minimum Gasteiger partial charge on any atom is -0.447 e. The normalized spacial score (nSPS) is 24.5. The van der Waals surface area contributed by atoms with E-state index in [1.807, 2.05) is 0 Å². The topological polar surface area (TPSA) is 29.5 Å². The van der Waals surface area contributed by atoms with E-state index in [9.17, 15) is 4.79 Å². The van der Waals surface area contributed by atoms with E-state index < -0.39 is 0 Å². The maximum atomic E-state index is 10.9. The third kappa shape index (κ3) is 1.85. The van der Waals surface area contributed by atoms with E-state index in [1.165, 1.54) is 0 Å². The second kappa shape index (κ2) is 3.11. The first kappa shape index (κ1) is 8.37. The Morgan fingerprint density at radius 2 is 2.36 bits per heavy atom. The van der Waals surface area contributed by atoms with Crippen LogP contribution in [0.4, 0.5) is 4.79 Å². The second-order valence-corrected chi connectivity index (χ2v) is 3.47. The van der Waals surface area contributed by atoms with Crippen molar-refractivity contribution < 1.29 is 9.53 Å². The van der Waals surface area contributed by atoms with E-state index in [2.05, 4.69) is 13.8 Å². The molecule has 1 atom stereocenters. The van der Waals surface area contributed by atoms with Gasteiger partial charge in [-0.2, -0.15) is 0 Å². The minimum absolute atomic E-state index is 0.185. The van der Waals surface area contributed by atoms with Gasteiger partial charge in [0.25, 0.3) is 0 Å². The summed E-state index contributed by atoms with van der Waals surface area (Å²) >= 11 is 0. The highest BCUT2D eigenvalue weighted by Gasteiger charge is 2.29. The molecule has 0 aromatic carbocycles. The number of rotatable bonds is 2. The zero-order chi connectivity index (χ0) is 8.43. The standard InChI is InChI=1S/C8H15NO2/c1-6(2)4-7-5-11-8(10)9(7)3/h6-7H,4-5H2,1-3H3. The molecule has 1 aliphatic rings. The molecule has 1 saturated heterocycles.